The Bertz CT molecular complexity index is 668. The van der Waals surface area contributed by atoms with Gasteiger partial charge in [-0.05, 0) is 64.0 Å². The molecule has 160 valence electrons. The molecule has 0 radical (unpaired) electrons. The fraction of sp³-hybridized carbons (Fsp3) is 0.857. The third-order valence-electron chi connectivity index (χ3n) is 7.20. The molecule has 1 saturated carbocycles. The molecule has 4 N–H and O–H groups in total. The average Bonchev–Trinajstić information content (AvgIpc) is 3.40. The topological polar surface area (TPSA) is 117 Å². The smallest absolute Gasteiger partial charge is 0.243 e. The molecular formula is C21H33N5O3. The highest BCUT2D eigenvalue weighted by Gasteiger charge is 2.50. The van der Waals surface area contributed by atoms with E-state index in [1.807, 2.05) is 0 Å². The van der Waals surface area contributed by atoms with Crippen molar-refractivity contribution in [3.63, 3.8) is 0 Å². The molecule has 4 fully saturated rings. The molecule has 3 heterocycles. The van der Waals surface area contributed by atoms with Gasteiger partial charge in [0.05, 0.1) is 11.6 Å². The molecular weight excluding hydrogens is 370 g/mol. The van der Waals surface area contributed by atoms with E-state index in [1.54, 1.807) is 4.90 Å². The molecule has 3 saturated heterocycles. The lowest BCUT2D eigenvalue weighted by molar-refractivity contribution is -0.142. The first-order valence-electron chi connectivity index (χ1n) is 11.2. The van der Waals surface area contributed by atoms with Crippen LogP contribution in [0.4, 0.5) is 0 Å². The summed E-state index contributed by atoms with van der Waals surface area (Å²) in [5.41, 5.74) is -0.491. The van der Waals surface area contributed by atoms with Crippen LogP contribution in [0.1, 0.15) is 57.8 Å². The van der Waals surface area contributed by atoms with E-state index in [0.29, 0.717) is 25.3 Å². The normalized spacial score (nSPS) is 34.2. The summed E-state index contributed by atoms with van der Waals surface area (Å²) in [6, 6.07) is 1.03. The van der Waals surface area contributed by atoms with Gasteiger partial charge in [0.25, 0.3) is 0 Å². The van der Waals surface area contributed by atoms with E-state index >= 15 is 0 Å². The number of aliphatic hydroxyl groups is 1. The first-order valence-corrected chi connectivity index (χ1v) is 11.2. The minimum absolute atomic E-state index is 0.0371. The van der Waals surface area contributed by atoms with Crippen LogP contribution in [-0.2, 0) is 9.59 Å². The first-order chi connectivity index (χ1) is 14.0. The summed E-state index contributed by atoms with van der Waals surface area (Å²) < 4.78 is 0. The largest absolute Gasteiger partial charge is 0.378 e. The number of nitrogens with zero attached hydrogens (tertiary/aromatic N) is 2. The fourth-order valence-electron chi connectivity index (χ4n) is 5.20. The van der Waals surface area contributed by atoms with Gasteiger partial charge in [0, 0.05) is 12.5 Å². The highest BCUT2D eigenvalue weighted by Crippen LogP contribution is 2.38. The van der Waals surface area contributed by atoms with E-state index in [1.165, 1.54) is 0 Å². The van der Waals surface area contributed by atoms with E-state index in [0.717, 1.165) is 58.0 Å². The summed E-state index contributed by atoms with van der Waals surface area (Å²) in [6.07, 6.45) is 7.21. The monoisotopic (exact) mass is 403 g/mol. The number of hydrogen-bond donors (Lipinski definition) is 4. The van der Waals surface area contributed by atoms with Crippen molar-refractivity contribution in [2.75, 3.05) is 19.6 Å². The Hall–Kier alpha value is -1.69. The summed E-state index contributed by atoms with van der Waals surface area (Å²) in [5, 5.41) is 28.8. The number of piperidine rings is 1. The minimum Gasteiger partial charge on any atom is -0.378 e. The number of carbonyl (C=O) groups excluding carboxylic acids is 2. The Morgan fingerprint density at radius 3 is 2.72 bits per heavy atom. The van der Waals surface area contributed by atoms with Gasteiger partial charge in [0.1, 0.15) is 18.3 Å². The predicted molar refractivity (Wildman–Crippen MR) is 106 cm³/mol. The van der Waals surface area contributed by atoms with Gasteiger partial charge in [0.2, 0.25) is 11.8 Å². The zero-order valence-corrected chi connectivity index (χ0v) is 17.0. The summed E-state index contributed by atoms with van der Waals surface area (Å²) in [6.45, 7) is 2.17. The van der Waals surface area contributed by atoms with Crippen molar-refractivity contribution in [3.8, 4) is 6.07 Å². The molecule has 4 rings (SSSR count). The van der Waals surface area contributed by atoms with Crippen molar-refractivity contribution < 1.29 is 14.7 Å². The fourth-order valence-corrected chi connectivity index (χ4v) is 5.20. The van der Waals surface area contributed by atoms with Gasteiger partial charge in [-0.25, -0.2) is 0 Å². The first kappa shape index (κ1) is 20.6. The number of carbonyl (C=O) groups is 2. The van der Waals surface area contributed by atoms with Crippen molar-refractivity contribution in [1.82, 2.24) is 20.9 Å². The molecule has 0 aromatic carbocycles. The van der Waals surface area contributed by atoms with Crippen molar-refractivity contribution >= 4 is 11.8 Å². The number of aliphatic hydroxyl groups excluding tert-OH is 1. The number of rotatable bonds is 7. The summed E-state index contributed by atoms with van der Waals surface area (Å²) in [7, 11) is 0. The highest BCUT2D eigenvalue weighted by atomic mass is 16.3. The second-order valence-electron chi connectivity index (χ2n) is 9.28. The maximum atomic E-state index is 13.3. The SMILES string of the molecule is N#C[C@H](C[C@@H]1CCNC1O)NC(=O)[C@H](CC1CC1)N1CCC2(CCCCN2)C1=O. The van der Waals surface area contributed by atoms with Gasteiger partial charge in [-0.2, -0.15) is 5.26 Å². The maximum Gasteiger partial charge on any atom is 0.243 e. The van der Waals surface area contributed by atoms with Crippen LogP contribution in [0.3, 0.4) is 0 Å². The average molecular weight is 404 g/mol. The molecule has 1 spiro atoms. The highest BCUT2D eigenvalue weighted by molar-refractivity contribution is 5.94. The van der Waals surface area contributed by atoms with Crippen LogP contribution in [0.15, 0.2) is 0 Å². The lowest BCUT2D eigenvalue weighted by atomic mass is 9.87. The molecule has 0 aromatic heterocycles. The molecule has 29 heavy (non-hydrogen) atoms. The summed E-state index contributed by atoms with van der Waals surface area (Å²) in [5.74, 6) is 0.299. The van der Waals surface area contributed by atoms with Crippen LogP contribution in [0.25, 0.3) is 0 Å². The van der Waals surface area contributed by atoms with Crippen LogP contribution in [-0.4, -0.2) is 65.3 Å². The van der Waals surface area contributed by atoms with Gasteiger partial charge in [0.15, 0.2) is 0 Å². The van der Waals surface area contributed by atoms with Gasteiger partial charge >= 0.3 is 0 Å². The van der Waals surface area contributed by atoms with Crippen molar-refractivity contribution in [3.05, 3.63) is 0 Å². The second kappa shape index (κ2) is 8.58. The van der Waals surface area contributed by atoms with Crippen molar-refractivity contribution in [1.29, 1.82) is 5.26 Å². The number of nitrogens with one attached hydrogen (secondary N) is 3. The quantitative estimate of drug-likeness (QED) is 0.483. The van der Waals surface area contributed by atoms with E-state index in [9.17, 15) is 20.0 Å². The molecule has 8 nitrogen and oxygen atoms in total. The van der Waals surface area contributed by atoms with E-state index in [2.05, 4.69) is 22.0 Å². The Kier molecular flexibility index (Phi) is 6.09. The van der Waals surface area contributed by atoms with Crippen LogP contribution in [0, 0.1) is 23.2 Å². The third kappa shape index (κ3) is 4.42. The predicted octanol–water partition coefficient (Wildman–Crippen LogP) is 0.226. The van der Waals surface area contributed by atoms with Gasteiger partial charge < -0.3 is 20.6 Å². The summed E-state index contributed by atoms with van der Waals surface area (Å²) in [4.78, 5) is 28.2. The van der Waals surface area contributed by atoms with Gasteiger partial charge in [-0.1, -0.05) is 12.8 Å². The Labute approximate surface area is 172 Å². The van der Waals surface area contributed by atoms with E-state index < -0.39 is 23.9 Å². The maximum absolute atomic E-state index is 13.3. The van der Waals surface area contributed by atoms with Gasteiger partial charge in [-0.15, -0.1) is 0 Å². The molecule has 2 amide bonds. The zero-order valence-electron chi connectivity index (χ0n) is 17.0. The Balaban J connectivity index is 1.42. The van der Waals surface area contributed by atoms with Crippen molar-refractivity contribution in [2.24, 2.45) is 11.8 Å². The number of amides is 2. The van der Waals surface area contributed by atoms with Crippen LogP contribution >= 0.6 is 0 Å². The van der Waals surface area contributed by atoms with Crippen LogP contribution in [0.2, 0.25) is 0 Å². The van der Waals surface area contributed by atoms with Crippen LogP contribution in [0.5, 0.6) is 0 Å². The minimum atomic E-state index is -0.650. The van der Waals surface area contributed by atoms with Crippen LogP contribution < -0.4 is 16.0 Å². The zero-order chi connectivity index (χ0) is 20.4. The van der Waals surface area contributed by atoms with E-state index in [4.69, 9.17) is 0 Å². The molecule has 8 heteroatoms. The lowest BCUT2D eigenvalue weighted by Gasteiger charge is -2.35. The molecule has 1 aliphatic carbocycles. The number of likely N-dealkylation sites (tertiary alicyclic amines) is 1. The standard InChI is InChI=1S/C21H33N5O3/c22-13-16(12-15-5-9-23-18(15)27)25-19(28)17(11-14-3-4-14)26-10-7-21(20(26)29)6-1-2-8-24-21/h14-18,23-24,27H,1-12H2,(H,25,28)/t15-,16-,17-,18?,21?/m0/s1. The van der Waals surface area contributed by atoms with Crippen molar-refractivity contribution in [2.45, 2.75) is 81.6 Å². The number of nitriles is 1. The Morgan fingerprint density at radius 1 is 1.28 bits per heavy atom. The molecule has 4 aliphatic rings. The molecule has 0 aromatic rings. The number of hydrogen-bond acceptors (Lipinski definition) is 6. The molecule has 5 atom stereocenters. The Morgan fingerprint density at radius 2 is 2.10 bits per heavy atom. The summed E-state index contributed by atoms with van der Waals surface area (Å²) >= 11 is 0. The third-order valence-corrected chi connectivity index (χ3v) is 7.20. The van der Waals surface area contributed by atoms with E-state index in [-0.39, 0.29) is 17.7 Å². The lowest BCUT2D eigenvalue weighted by Crippen LogP contribution is -2.57. The molecule has 0 bridgehead atoms. The molecule has 2 unspecified atom stereocenters. The molecule has 3 aliphatic heterocycles. The van der Waals surface area contributed by atoms with Gasteiger partial charge in [-0.3, -0.25) is 14.9 Å². The second-order valence-corrected chi connectivity index (χ2v) is 9.28.